The Kier molecular flexibility index (Phi) is 13.4. The molecule has 4 amide bonds. The predicted octanol–water partition coefficient (Wildman–Crippen LogP) is -3.28. The standard InChI is InChI=1S/C19H28N4O9S4.Na/c24-14(4-2-1-3-12-17-11(10-33-12)21-19(28)22-17)20-6-8-35-34-7-5-16(26)32-23-15(25)9-13(18(23)27)36(29,30)31;/h11-13,17H,1-10H2,(H,20,24)(H2,21,22,28)(H,29,30,31);/q;+1/p-1. The number of thioether (sulfide) groups is 1. The Balaban J connectivity index is 0.00000481. The number of hydrogen-bond donors (Lipinski definition) is 3. The van der Waals surface area contributed by atoms with E-state index in [1.807, 2.05) is 11.8 Å². The van der Waals surface area contributed by atoms with Crippen molar-refractivity contribution < 1.29 is 71.7 Å². The summed E-state index contributed by atoms with van der Waals surface area (Å²) in [5, 5.41) is 16.3. The number of fused-ring (bicyclic) bond motifs is 1. The molecule has 3 saturated heterocycles. The van der Waals surface area contributed by atoms with Crippen LogP contribution in [0, 0.1) is 0 Å². The minimum atomic E-state index is -4.76. The molecule has 3 aliphatic heterocycles. The zero-order chi connectivity index (χ0) is 26.3. The van der Waals surface area contributed by atoms with Gasteiger partial charge in [0.2, 0.25) is 0 Å². The number of imide groups is 1. The number of nitrogens with one attached hydrogen (secondary N) is 2. The zero-order valence-electron chi connectivity index (χ0n) is 20.1. The molecule has 4 atom stereocenters. The fraction of sp³-hybridized carbons (Fsp3) is 0.737. The summed E-state index contributed by atoms with van der Waals surface area (Å²) < 4.78 is 31.1. The van der Waals surface area contributed by atoms with Gasteiger partial charge < -0.3 is 25.6 Å². The summed E-state index contributed by atoms with van der Waals surface area (Å²) in [6, 6.07) is 0.262. The van der Waals surface area contributed by atoms with E-state index in [9.17, 15) is 32.7 Å². The minimum absolute atomic E-state index is 0. The van der Waals surface area contributed by atoms with Gasteiger partial charge in [-0.15, -0.1) is 5.06 Å². The Hall–Kier alpha value is -0.690. The first-order valence-electron chi connectivity index (χ1n) is 11.2. The second-order valence-electron chi connectivity index (χ2n) is 8.23. The van der Waals surface area contributed by atoms with E-state index in [1.54, 1.807) is 0 Å². The monoisotopic (exact) mass is 606 g/mol. The summed E-state index contributed by atoms with van der Waals surface area (Å²) in [7, 11) is -2.04. The topological polar surface area (TPSA) is 195 Å². The van der Waals surface area contributed by atoms with Crippen LogP contribution < -0.4 is 45.3 Å². The van der Waals surface area contributed by atoms with Gasteiger partial charge in [0.1, 0.15) is 0 Å². The molecule has 3 rings (SSSR count). The molecule has 0 aromatic heterocycles. The molecule has 0 aliphatic carbocycles. The largest absolute Gasteiger partial charge is 1.00 e. The van der Waals surface area contributed by atoms with Crippen molar-refractivity contribution in [3.05, 3.63) is 0 Å². The molecule has 3 N–H and O–H groups in total. The van der Waals surface area contributed by atoms with Crippen LogP contribution in [0.4, 0.5) is 4.79 Å². The van der Waals surface area contributed by atoms with E-state index in [0.29, 0.717) is 29.7 Å². The molecule has 3 fully saturated rings. The number of urea groups is 1. The third kappa shape index (κ3) is 9.77. The Morgan fingerprint density at radius 1 is 1.19 bits per heavy atom. The normalized spacial score (nSPS) is 25.5. The van der Waals surface area contributed by atoms with E-state index >= 15 is 0 Å². The number of aliphatic imine (C=N–C) groups is 1. The second-order valence-corrected chi connectivity index (χ2v) is 13.8. The average Bonchev–Trinajstić information content (AvgIpc) is 3.44. The quantitative estimate of drug-likeness (QED) is 0.0261. The first-order chi connectivity index (χ1) is 17.1. The SMILES string of the molecule is O=C1NC2CSC(CCCCC([O-])=NCCSSCCC(=O)ON3C(=O)CC(S(=O)(=O)O)C3=O)C2N1.[Na+]. The fourth-order valence-corrected chi connectivity index (χ4v) is 7.93. The van der Waals surface area contributed by atoms with E-state index in [4.69, 9.17) is 4.55 Å². The molecule has 13 nitrogen and oxygen atoms in total. The van der Waals surface area contributed by atoms with Crippen LogP contribution in [0.3, 0.4) is 0 Å². The summed E-state index contributed by atoms with van der Waals surface area (Å²) in [6.45, 7) is 0.342. The van der Waals surface area contributed by atoms with Crippen LogP contribution in [0.5, 0.6) is 0 Å². The van der Waals surface area contributed by atoms with Crippen LogP contribution in [0.25, 0.3) is 0 Å². The van der Waals surface area contributed by atoms with Crippen LogP contribution in [-0.2, 0) is 29.3 Å². The van der Waals surface area contributed by atoms with Gasteiger partial charge in [-0.2, -0.15) is 20.2 Å². The van der Waals surface area contributed by atoms with E-state index in [1.165, 1.54) is 21.6 Å². The summed E-state index contributed by atoms with van der Waals surface area (Å²) in [5.74, 6) is -1.59. The van der Waals surface area contributed by atoms with Crippen LogP contribution in [0.15, 0.2) is 4.99 Å². The van der Waals surface area contributed by atoms with Crippen LogP contribution >= 0.6 is 33.3 Å². The van der Waals surface area contributed by atoms with Gasteiger partial charge in [0.15, 0.2) is 5.25 Å². The van der Waals surface area contributed by atoms with Gasteiger partial charge in [0, 0.05) is 29.1 Å². The molecule has 0 aromatic carbocycles. The molecule has 4 unspecified atom stereocenters. The fourth-order valence-electron chi connectivity index (χ4n) is 3.85. The molecule has 0 saturated carbocycles. The smallest absolute Gasteiger partial charge is 0.862 e. The van der Waals surface area contributed by atoms with E-state index < -0.39 is 39.6 Å². The summed E-state index contributed by atoms with van der Waals surface area (Å²) in [5.41, 5.74) is 0. The Bertz CT molecular complexity index is 1000. The van der Waals surface area contributed by atoms with Crippen molar-refractivity contribution in [2.45, 2.75) is 61.1 Å². The van der Waals surface area contributed by atoms with Crippen molar-refractivity contribution in [2.75, 3.05) is 23.8 Å². The molecule has 202 valence electrons. The van der Waals surface area contributed by atoms with E-state index in [0.717, 1.165) is 25.0 Å². The molecule has 37 heavy (non-hydrogen) atoms. The molecule has 3 heterocycles. The van der Waals surface area contributed by atoms with E-state index in [2.05, 4.69) is 20.5 Å². The maximum atomic E-state index is 11.9. The summed E-state index contributed by atoms with van der Waals surface area (Å²) >= 11 is 1.85. The number of nitrogens with zero attached hydrogens (tertiary/aromatic N) is 2. The van der Waals surface area contributed by atoms with Gasteiger partial charge in [-0.1, -0.05) is 28.0 Å². The molecule has 3 aliphatic rings. The predicted molar refractivity (Wildman–Crippen MR) is 134 cm³/mol. The Morgan fingerprint density at radius 3 is 2.62 bits per heavy atom. The third-order valence-electron chi connectivity index (χ3n) is 5.62. The number of carbonyl (C=O) groups excluding carboxylic acids is 4. The molecule has 0 radical (unpaired) electrons. The maximum absolute atomic E-state index is 11.9. The van der Waals surface area contributed by atoms with Gasteiger partial charge in [0.05, 0.1) is 24.9 Å². The van der Waals surface area contributed by atoms with Crippen LogP contribution in [0.1, 0.15) is 38.5 Å². The average molecular weight is 607 g/mol. The van der Waals surface area contributed by atoms with Crippen molar-refractivity contribution in [3.63, 3.8) is 0 Å². The number of unbranched alkanes of at least 4 members (excludes halogenated alkanes) is 1. The van der Waals surface area contributed by atoms with E-state index in [-0.39, 0.29) is 65.1 Å². The van der Waals surface area contributed by atoms with Gasteiger partial charge in [0.25, 0.3) is 21.9 Å². The molecular weight excluding hydrogens is 579 g/mol. The number of carbonyl (C=O) groups is 4. The molecule has 0 bridgehead atoms. The van der Waals surface area contributed by atoms with Crippen molar-refractivity contribution in [1.29, 1.82) is 0 Å². The zero-order valence-corrected chi connectivity index (χ0v) is 25.4. The van der Waals surface area contributed by atoms with Crippen molar-refractivity contribution >= 4 is 73.2 Å². The van der Waals surface area contributed by atoms with Crippen molar-refractivity contribution in [2.24, 2.45) is 4.99 Å². The maximum Gasteiger partial charge on any atom is 1.00 e. The Labute approximate surface area is 248 Å². The van der Waals surface area contributed by atoms with Crippen molar-refractivity contribution in [1.82, 2.24) is 15.7 Å². The van der Waals surface area contributed by atoms with Crippen LogP contribution in [0.2, 0.25) is 0 Å². The summed E-state index contributed by atoms with van der Waals surface area (Å²) in [6.07, 6.45) is 2.04. The first kappa shape index (κ1) is 32.5. The number of amides is 4. The molecule has 0 spiro atoms. The van der Waals surface area contributed by atoms with Crippen molar-refractivity contribution in [3.8, 4) is 0 Å². The van der Waals surface area contributed by atoms with Gasteiger partial charge in [-0.25, -0.2) is 9.59 Å². The van der Waals surface area contributed by atoms with Gasteiger partial charge in [-0.05, 0) is 25.2 Å². The molecule has 0 aromatic rings. The first-order valence-corrected chi connectivity index (χ1v) is 16.3. The van der Waals surface area contributed by atoms with Crippen LogP contribution in [-0.4, -0.2) is 94.1 Å². The number of hydrogen-bond acceptors (Lipinski definition) is 12. The third-order valence-corrected chi connectivity index (χ3v) is 10.6. The Morgan fingerprint density at radius 2 is 1.92 bits per heavy atom. The van der Waals surface area contributed by atoms with Gasteiger partial charge >= 0.3 is 41.6 Å². The molecule has 18 heteroatoms. The number of rotatable bonds is 14. The van der Waals surface area contributed by atoms with Gasteiger partial charge in [-0.3, -0.25) is 14.1 Å². The number of hydroxylamine groups is 2. The minimum Gasteiger partial charge on any atom is -0.862 e. The molecular formula is C19H27N4NaO9S4. The second kappa shape index (κ2) is 15.2. The summed E-state index contributed by atoms with van der Waals surface area (Å²) in [4.78, 5) is 55.3.